The minimum Gasteiger partial charge on any atom is -0.481 e. The molecule has 1 amide bonds. The van der Waals surface area contributed by atoms with Gasteiger partial charge in [-0.3, -0.25) is 9.59 Å². The third-order valence-electron chi connectivity index (χ3n) is 4.90. The van der Waals surface area contributed by atoms with Crippen LogP contribution in [-0.2, 0) is 9.59 Å². The Bertz CT molecular complexity index is 566. The van der Waals surface area contributed by atoms with Gasteiger partial charge in [0.2, 0.25) is 5.91 Å². The lowest BCUT2D eigenvalue weighted by Gasteiger charge is -2.33. The van der Waals surface area contributed by atoms with E-state index in [1.807, 2.05) is 0 Å². The van der Waals surface area contributed by atoms with Crippen molar-refractivity contribution in [3.8, 4) is 0 Å². The zero-order valence-electron chi connectivity index (χ0n) is 12.4. The van der Waals surface area contributed by atoms with Crippen molar-refractivity contribution in [3.05, 3.63) is 35.6 Å². The Hall–Kier alpha value is -1.91. The van der Waals surface area contributed by atoms with E-state index < -0.39 is 11.9 Å². The summed E-state index contributed by atoms with van der Waals surface area (Å²) < 4.78 is 13.2. The highest BCUT2D eigenvalue weighted by molar-refractivity contribution is 5.86. The summed E-state index contributed by atoms with van der Waals surface area (Å²) in [5.41, 5.74) is 0.910. The number of likely N-dealkylation sites (tertiary alicyclic amines) is 1. The molecule has 4 nitrogen and oxygen atoms in total. The van der Waals surface area contributed by atoms with Crippen molar-refractivity contribution in [2.75, 3.05) is 6.54 Å². The highest BCUT2D eigenvalue weighted by Crippen LogP contribution is 2.42. The topological polar surface area (TPSA) is 57.6 Å². The molecule has 1 aliphatic carbocycles. The van der Waals surface area contributed by atoms with Gasteiger partial charge in [0.15, 0.2) is 0 Å². The lowest BCUT2D eigenvalue weighted by atomic mass is 9.90. The molecule has 2 aliphatic rings. The monoisotopic (exact) mass is 305 g/mol. The number of aliphatic carboxylic acids is 1. The van der Waals surface area contributed by atoms with Crippen LogP contribution < -0.4 is 0 Å². The van der Waals surface area contributed by atoms with E-state index >= 15 is 0 Å². The van der Waals surface area contributed by atoms with Crippen molar-refractivity contribution in [3.63, 3.8) is 0 Å². The van der Waals surface area contributed by atoms with Crippen LogP contribution >= 0.6 is 0 Å². The normalized spacial score (nSPS) is 24.0. The maximum atomic E-state index is 13.2. The van der Waals surface area contributed by atoms with E-state index in [4.69, 9.17) is 0 Å². The van der Waals surface area contributed by atoms with Gasteiger partial charge in [0.1, 0.15) is 5.82 Å². The SMILES string of the molecule is O=C(O)C1CC(=O)N(C(c2ccc(F)cc2)C2CCCC2)C1. The first kappa shape index (κ1) is 15.0. The summed E-state index contributed by atoms with van der Waals surface area (Å²) in [6.45, 7) is 0.257. The number of hydrogen-bond donors (Lipinski definition) is 1. The van der Waals surface area contributed by atoms with Gasteiger partial charge < -0.3 is 10.0 Å². The van der Waals surface area contributed by atoms with Crippen LogP contribution in [-0.4, -0.2) is 28.4 Å². The fraction of sp³-hybridized carbons (Fsp3) is 0.529. The molecule has 1 saturated heterocycles. The number of carbonyl (C=O) groups is 2. The molecule has 1 saturated carbocycles. The van der Waals surface area contributed by atoms with Gasteiger partial charge in [-0.2, -0.15) is 0 Å². The Morgan fingerprint density at radius 2 is 1.86 bits per heavy atom. The molecule has 3 rings (SSSR count). The number of carboxylic acid groups (broad SMARTS) is 1. The van der Waals surface area contributed by atoms with E-state index in [0.29, 0.717) is 5.92 Å². The minimum atomic E-state index is -0.917. The van der Waals surface area contributed by atoms with E-state index in [1.54, 1.807) is 17.0 Å². The van der Waals surface area contributed by atoms with Crippen molar-refractivity contribution < 1.29 is 19.1 Å². The van der Waals surface area contributed by atoms with Gasteiger partial charge in [-0.15, -0.1) is 0 Å². The van der Waals surface area contributed by atoms with E-state index in [9.17, 15) is 19.1 Å². The Morgan fingerprint density at radius 1 is 1.23 bits per heavy atom. The second-order valence-electron chi connectivity index (χ2n) is 6.33. The van der Waals surface area contributed by atoms with Crippen LogP contribution in [0.3, 0.4) is 0 Å². The first-order valence-corrected chi connectivity index (χ1v) is 7.84. The molecule has 2 atom stereocenters. The summed E-state index contributed by atoms with van der Waals surface area (Å²) in [5, 5.41) is 9.17. The predicted octanol–water partition coefficient (Wildman–Crippen LogP) is 2.99. The zero-order chi connectivity index (χ0) is 15.7. The largest absolute Gasteiger partial charge is 0.481 e. The molecule has 1 aromatic rings. The number of nitrogens with zero attached hydrogens (tertiary/aromatic N) is 1. The molecule has 1 heterocycles. The standard InChI is InChI=1S/C17H20FNO3/c18-14-7-5-12(6-8-14)16(11-3-1-2-4-11)19-10-13(17(21)22)9-15(19)20/h5-8,11,13,16H,1-4,9-10H2,(H,21,22). The summed E-state index contributed by atoms with van der Waals surface area (Å²) in [6.07, 6.45) is 4.40. The predicted molar refractivity (Wildman–Crippen MR) is 78.6 cm³/mol. The lowest BCUT2D eigenvalue weighted by Crippen LogP contribution is -2.35. The number of hydrogen-bond acceptors (Lipinski definition) is 2. The van der Waals surface area contributed by atoms with E-state index in [-0.39, 0.29) is 30.7 Å². The van der Waals surface area contributed by atoms with Crippen LogP contribution in [0.2, 0.25) is 0 Å². The molecule has 22 heavy (non-hydrogen) atoms. The number of amides is 1. The van der Waals surface area contributed by atoms with Crippen molar-refractivity contribution in [1.82, 2.24) is 4.90 Å². The van der Waals surface area contributed by atoms with Crippen LogP contribution in [0.5, 0.6) is 0 Å². The third-order valence-corrected chi connectivity index (χ3v) is 4.90. The summed E-state index contributed by atoms with van der Waals surface area (Å²) in [5.74, 6) is -1.61. The smallest absolute Gasteiger partial charge is 0.308 e. The highest BCUT2D eigenvalue weighted by Gasteiger charge is 2.41. The molecule has 0 bridgehead atoms. The molecular formula is C17H20FNO3. The third kappa shape index (κ3) is 2.85. The van der Waals surface area contributed by atoms with Crippen molar-refractivity contribution in [1.29, 1.82) is 0 Å². The molecule has 118 valence electrons. The molecule has 0 spiro atoms. The fourth-order valence-electron chi connectivity index (χ4n) is 3.81. The molecule has 0 aromatic heterocycles. The number of carboxylic acids is 1. The van der Waals surface area contributed by atoms with Gasteiger partial charge in [0.25, 0.3) is 0 Å². The van der Waals surface area contributed by atoms with Gasteiger partial charge in [-0.1, -0.05) is 25.0 Å². The van der Waals surface area contributed by atoms with Crippen LogP contribution in [0.1, 0.15) is 43.7 Å². The van der Waals surface area contributed by atoms with Gasteiger partial charge in [-0.05, 0) is 36.5 Å². The van der Waals surface area contributed by atoms with Gasteiger partial charge in [0.05, 0.1) is 12.0 Å². The van der Waals surface area contributed by atoms with Gasteiger partial charge in [-0.25, -0.2) is 4.39 Å². The molecule has 1 N–H and O–H groups in total. The van der Waals surface area contributed by atoms with Crippen LogP contribution in [0.15, 0.2) is 24.3 Å². The Morgan fingerprint density at radius 3 is 2.41 bits per heavy atom. The van der Waals surface area contributed by atoms with Crippen molar-refractivity contribution in [2.45, 2.75) is 38.1 Å². The molecular weight excluding hydrogens is 285 g/mol. The first-order chi connectivity index (χ1) is 10.6. The van der Waals surface area contributed by atoms with Crippen LogP contribution in [0, 0.1) is 17.7 Å². The second-order valence-corrected chi connectivity index (χ2v) is 6.33. The van der Waals surface area contributed by atoms with E-state index in [1.165, 1.54) is 12.1 Å². The van der Waals surface area contributed by atoms with E-state index in [2.05, 4.69) is 0 Å². The summed E-state index contributed by atoms with van der Waals surface area (Å²) >= 11 is 0. The Balaban J connectivity index is 1.90. The molecule has 1 aliphatic heterocycles. The summed E-state index contributed by atoms with van der Waals surface area (Å²) in [6, 6.07) is 6.14. The maximum Gasteiger partial charge on any atom is 0.308 e. The fourth-order valence-corrected chi connectivity index (χ4v) is 3.81. The zero-order valence-corrected chi connectivity index (χ0v) is 12.4. The molecule has 5 heteroatoms. The average molecular weight is 305 g/mol. The maximum absolute atomic E-state index is 13.2. The second kappa shape index (κ2) is 6.07. The molecule has 2 unspecified atom stereocenters. The Kier molecular flexibility index (Phi) is 4.14. The lowest BCUT2D eigenvalue weighted by molar-refractivity contribution is -0.141. The highest BCUT2D eigenvalue weighted by atomic mass is 19.1. The number of halogens is 1. The van der Waals surface area contributed by atoms with E-state index in [0.717, 1.165) is 31.2 Å². The van der Waals surface area contributed by atoms with Crippen LogP contribution in [0.25, 0.3) is 0 Å². The number of rotatable bonds is 4. The van der Waals surface area contributed by atoms with Crippen molar-refractivity contribution in [2.24, 2.45) is 11.8 Å². The molecule has 0 radical (unpaired) electrons. The number of benzene rings is 1. The minimum absolute atomic E-state index is 0.0692. The number of carbonyl (C=O) groups excluding carboxylic acids is 1. The van der Waals surface area contributed by atoms with Gasteiger partial charge >= 0.3 is 5.97 Å². The molecule has 1 aromatic carbocycles. The van der Waals surface area contributed by atoms with Crippen molar-refractivity contribution >= 4 is 11.9 Å². The summed E-state index contributed by atoms with van der Waals surface area (Å²) in [4.78, 5) is 25.2. The quantitative estimate of drug-likeness (QED) is 0.930. The first-order valence-electron chi connectivity index (χ1n) is 7.84. The molecule has 2 fully saturated rings. The summed E-state index contributed by atoms with van der Waals surface area (Å²) in [7, 11) is 0. The van der Waals surface area contributed by atoms with Gasteiger partial charge in [0, 0.05) is 13.0 Å². The average Bonchev–Trinajstić information content (AvgIpc) is 3.12. The Labute approximate surface area is 128 Å². The van der Waals surface area contributed by atoms with Crippen LogP contribution in [0.4, 0.5) is 4.39 Å².